The van der Waals surface area contributed by atoms with Crippen molar-refractivity contribution in [3.8, 4) is 0 Å². The molecule has 0 N–H and O–H groups in total. The van der Waals surface area contributed by atoms with E-state index in [1.807, 2.05) is 0 Å². The molecule has 1 heterocycles. The van der Waals surface area contributed by atoms with Gasteiger partial charge in [-0.1, -0.05) is 12.1 Å². The molecule has 2 aromatic rings. The van der Waals surface area contributed by atoms with E-state index in [0.717, 1.165) is 12.1 Å². The summed E-state index contributed by atoms with van der Waals surface area (Å²) in [5, 5.41) is 0. The highest BCUT2D eigenvalue weighted by Crippen LogP contribution is 2.63. The van der Waals surface area contributed by atoms with E-state index in [2.05, 4.69) is 9.97 Å². The topological polar surface area (TPSA) is 25.8 Å². The van der Waals surface area contributed by atoms with Crippen LogP contribution in [0.3, 0.4) is 0 Å². The second-order valence-corrected chi connectivity index (χ2v) is 4.71. The lowest BCUT2D eigenvalue weighted by Gasteiger charge is -2.41. The lowest BCUT2D eigenvalue weighted by atomic mass is 9.86. The Morgan fingerprint density at radius 1 is 0.591 bits per heavy atom. The summed E-state index contributed by atoms with van der Waals surface area (Å²) in [7, 11) is 0. The predicted octanol–water partition coefficient (Wildman–Crippen LogP) is 4.10. The molecule has 1 aliphatic carbocycles. The van der Waals surface area contributed by atoms with Crippen LogP contribution in [0.2, 0.25) is 0 Å². The zero-order chi connectivity index (χ0) is 16.6. The van der Waals surface area contributed by atoms with Gasteiger partial charge in [0, 0.05) is 0 Å². The van der Waals surface area contributed by atoms with Crippen LogP contribution >= 0.6 is 0 Å². The molecule has 118 valence electrons. The van der Waals surface area contributed by atoms with E-state index in [4.69, 9.17) is 0 Å². The van der Waals surface area contributed by atoms with Crippen LogP contribution in [0, 0.1) is 0 Å². The number of benzene rings is 1. The molecule has 3 rings (SSSR count). The van der Waals surface area contributed by atoms with Crippen LogP contribution in [0.15, 0.2) is 24.3 Å². The van der Waals surface area contributed by atoms with E-state index >= 15 is 0 Å². The molecule has 2 nitrogen and oxygen atoms in total. The Kier molecular flexibility index (Phi) is 2.61. The number of hydrogen-bond donors (Lipinski definition) is 0. The van der Waals surface area contributed by atoms with Gasteiger partial charge >= 0.3 is 23.7 Å². The third-order valence-electron chi connectivity index (χ3n) is 3.35. The predicted molar refractivity (Wildman–Crippen MR) is 57.2 cm³/mol. The van der Waals surface area contributed by atoms with Crippen LogP contribution in [-0.2, 0) is 11.8 Å². The minimum absolute atomic E-state index is 0.391. The molecule has 1 aromatic heterocycles. The van der Waals surface area contributed by atoms with Crippen molar-refractivity contribution in [3.05, 3.63) is 35.7 Å². The second-order valence-electron chi connectivity index (χ2n) is 4.71. The van der Waals surface area contributed by atoms with Crippen LogP contribution in [0.1, 0.15) is 11.4 Å². The third kappa shape index (κ3) is 1.45. The Hall–Kier alpha value is -2.00. The van der Waals surface area contributed by atoms with Crippen molar-refractivity contribution in [2.45, 2.75) is 23.7 Å². The van der Waals surface area contributed by atoms with E-state index in [1.165, 1.54) is 12.1 Å². The minimum Gasteiger partial charge on any atom is -0.242 e. The summed E-state index contributed by atoms with van der Waals surface area (Å²) in [6.45, 7) is 0. The van der Waals surface area contributed by atoms with Gasteiger partial charge in [0.1, 0.15) is 11.4 Å². The first kappa shape index (κ1) is 14.9. The third-order valence-corrected chi connectivity index (χ3v) is 3.35. The number of hydrogen-bond acceptors (Lipinski definition) is 2. The molecule has 0 radical (unpaired) electrons. The number of nitrogens with zero attached hydrogens (tertiary/aromatic N) is 2. The fraction of sp³-hybridized carbons (Fsp3) is 0.333. The summed E-state index contributed by atoms with van der Waals surface area (Å²) < 4.78 is 108. The number of para-hydroxylation sites is 2. The quantitative estimate of drug-likeness (QED) is 0.681. The molecular weight excluding hydrogens is 324 g/mol. The maximum Gasteiger partial charge on any atom is 0.384 e. The Balaban J connectivity index is 2.46. The van der Waals surface area contributed by atoms with Crippen LogP contribution in [0.25, 0.3) is 11.0 Å². The van der Waals surface area contributed by atoms with Crippen molar-refractivity contribution < 1.29 is 35.1 Å². The van der Waals surface area contributed by atoms with Crippen molar-refractivity contribution in [2.75, 3.05) is 0 Å². The fourth-order valence-electron chi connectivity index (χ4n) is 2.13. The molecular formula is C12H4F8N2. The Labute approximate surface area is 116 Å². The molecule has 0 bridgehead atoms. The van der Waals surface area contributed by atoms with E-state index in [9.17, 15) is 35.1 Å². The van der Waals surface area contributed by atoms with E-state index < -0.39 is 46.1 Å². The van der Waals surface area contributed by atoms with Gasteiger partial charge < -0.3 is 0 Å². The molecule has 0 spiro atoms. The molecule has 10 heteroatoms. The average molecular weight is 328 g/mol. The van der Waals surface area contributed by atoms with Crippen LogP contribution in [0.4, 0.5) is 35.1 Å². The summed E-state index contributed by atoms with van der Waals surface area (Å²) in [6, 6.07) is 4.66. The highest BCUT2D eigenvalue weighted by atomic mass is 19.4. The van der Waals surface area contributed by atoms with Gasteiger partial charge in [-0.15, -0.1) is 0 Å². The Morgan fingerprint density at radius 2 is 0.909 bits per heavy atom. The molecule has 0 aliphatic heterocycles. The SMILES string of the molecule is FC1(F)c2nc3ccccc3nc2C(F)(F)C(F)(F)C1(F)F. The van der Waals surface area contributed by atoms with Crippen molar-refractivity contribution in [2.24, 2.45) is 0 Å². The van der Waals surface area contributed by atoms with Gasteiger partial charge in [-0.2, -0.15) is 35.1 Å². The Bertz CT molecular complexity index is 706. The van der Waals surface area contributed by atoms with Crippen molar-refractivity contribution >= 4 is 11.0 Å². The van der Waals surface area contributed by atoms with Gasteiger partial charge in [-0.25, -0.2) is 9.97 Å². The number of rotatable bonds is 0. The van der Waals surface area contributed by atoms with E-state index in [1.54, 1.807) is 0 Å². The molecule has 1 aliphatic rings. The summed E-state index contributed by atoms with van der Waals surface area (Å²) in [5.74, 6) is -23.8. The standard InChI is InChI=1S/C12H4F8N2/c13-9(14)7-8(10(15,16)12(19,20)11(9,17)18)22-6-4-2-1-3-5(6)21-7/h1-4H. The lowest BCUT2D eigenvalue weighted by Crippen LogP contribution is -2.64. The maximum atomic E-state index is 13.7. The molecule has 0 atom stereocenters. The van der Waals surface area contributed by atoms with Crippen molar-refractivity contribution in [3.63, 3.8) is 0 Å². The Morgan fingerprint density at radius 3 is 1.23 bits per heavy atom. The first-order valence-electron chi connectivity index (χ1n) is 5.73. The molecule has 0 saturated heterocycles. The highest BCUT2D eigenvalue weighted by molar-refractivity contribution is 5.74. The van der Waals surface area contributed by atoms with E-state index in [0.29, 0.717) is 0 Å². The average Bonchev–Trinajstić information content (AvgIpc) is 2.44. The highest BCUT2D eigenvalue weighted by Gasteiger charge is 2.86. The molecule has 0 unspecified atom stereocenters. The normalized spacial score (nSPS) is 24.0. The van der Waals surface area contributed by atoms with Crippen LogP contribution < -0.4 is 0 Å². The second kappa shape index (κ2) is 3.85. The largest absolute Gasteiger partial charge is 0.384 e. The number of alkyl halides is 8. The van der Waals surface area contributed by atoms with Gasteiger partial charge in [0.05, 0.1) is 11.0 Å². The summed E-state index contributed by atoms with van der Waals surface area (Å²) in [4.78, 5) is 6.04. The number of aromatic nitrogens is 2. The fourth-order valence-corrected chi connectivity index (χ4v) is 2.13. The van der Waals surface area contributed by atoms with Gasteiger partial charge in [-0.3, -0.25) is 0 Å². The molecule has 1 aromatic carbocycles. The zero-order valence-electron chi connectivity index (χ0n) is 10.2. The number of fused-ring (bicyclic) bond motifs is 2. The first-order valence-corrected chi connectivity index (χ1v) is 5.73. The van der Waals surface area contributed by atoms with Crippen molar-refractivity contribution in [1.82, 2.24) is 9.97 Å². The number of halogens is 8. The van der Waals surface area contributed by atoms with E-state index in [-0.39, 0.29) is 0 Å². The zero-order valence-corrected chi connectivity index (χ0v) is 10.2. The van der Waals surface area contributed by atoms with Crippen molar-refractivity contribution in [1.29, 1.82) is 0 Å². The van der Waals surface area contributed by atoms with Gasteiger partial charge in [0.2, 0.25) is 0 Å². The molecule has 22 heavy (non-hydrogen) atoms. The van der Waals surface area contributed by atoms with Gasteiger partial charge in [0.15, 0.2) is 0 Å². The molecule has 0 amide bonds. The molecule has 0 saturated carbocycles. The van der Waals surface area contributed by atoms with Gasteiger partial charge in [-0.05, 0) is 12.1 Å². The minimum atomic E-state index is -6.31. The molecule has 0 fully saturated rings. The van der Waals surface area contributed by atoms with Crippen LogP contribution in [-0.4, -0.2) is 21.8 Å². The summed E-state index contributed by atoms with van der Waals surface area (Å²) in [6.07, 6.45) is 0. The summed E-state index contributed by atoms with van der Waals surface area (Å²) >= 11 is 0. The van der Waals surface area contributed by atoms with Gasteiger partial charge in [0.25, 0.3) is 0 Å². The monoisotopic (exact) mass is 328 g/mol. The lowest BCUT2D eigenvalue weighted by molar-refractivity contribution is -0.388. The summed E-state index contributed by atoms with van der Waals surface area (Å²) in [5.41, 5.74) is -5.07. The smallest absolute Gasteiger partial charge is 0.242 e. The van der Waals surface area contributed by atoms with Crippen LogP contribution in [0.5, 0.6) is 0 Å². The first-order chi connectivity index (χ1) is 9.94. The maximum absolute atomic E-state index is 13.7.